The second-order valence-corrected chi connectivity index (χ2v) is 4.53. The lowest BCUT2D eigenvalue weighted by atomic mass is 10.2. The highest BCUT2D eigenvalue weighted by Crippen LogP contribution is 1.98. The lowest BCUT2D eigenvalue weighted by molar-refractivity contribution is -0.139. The Bertz CT molecular complexity index is 343. The maximum absolute atomic E-state index is 12.0. The molecule has 0 spiro atoms. The summed E-state index contributed by atoms with van der Waals surface area (Å²) < 4.78 is 0. The van der Waals surface area contributed by atoms with E-state index in [2.05, 4.69) is 10.6 Å². The second-order valence-electron chi connectivity index (χ2n) is 4.53. The Morgan fingerprint density at radius 3 is 2.05 bits per heavy atom. The Hall–Kier alpha value is -1.79. The van der Waals surface area contributed by atoms with Crippen LogP contribution in [-0.2, 0) is 9.59 Å². The van der Waals surface area contributed by atoms with Gasteiger partial charge in [-0.05, 0) is 27.2 Å². The molecule has 0 bridgehead atoms. The van der Waals surface area contributed by atoms with Crippen molar-refractivity contribution in [3.05, 3.63) is 0 Å². The Morgan fingerprint density at radius 2 is 1.65 bits per heavy atom. The van der Waals surface area contributed by atoms with Crippen LogP contribution in [0, 0.1) is 0 Å². The molecule has 3 amide bonds. The van der Waals surface area contributed by atoms with Gasteiger partial charge in [0.2, 0.25) is 5.91 Å². The molecule has 7 heteroatoms. The monoisotopic (exact) mass is 287 g/mol. The molecule has 3 N–H and O–H groups in total. The second kappa shape index (κ2) is 9.17. The van der Waals surface area contributed by atoms with Crippen molar-refractivity contribution in [3.8, 4) is 0 Å². The van der Waals surface area contributed by atoms with Crippen molar-refractivity contribution >= 4 is 17.9 Å². The molecule has 7 nitrogen and oxygen atoms in total. The predicted molar refractivity (Wildman–Crippen MR) is 75.4 cm³/mol. The maximum atomic E-state index is 12.0. The first kappa shape index (κ1) is 18.2. The van der Waals surface area contributed by atoms with Crippen LogP contribution >= 0.6 is 0 Å². The molecular weight excluding hydrogens is 262 g/mol. The van der Waals surface area contributed by atoms with Crippen molar-refractivity contribution in [1.29, 1.82) is 0 Å². The molecule has 1 unspecified atom stereocenters. The predicted octanol–water partition coefficient (Wildman–Crippen LogP) is 0.796. The minimum absolute atomic E-state index is 0.187. The Kier molecular flexibility index (Phi) is 8.35. The molecule has 0 heterocycles. The quantitative estimate of drug-likeness (QED) is 0.615. The molecule has 2 atom stereocenters. The molecule has 116 valence electrons. The number of hydrogen-bond acceptors (Lipinski definition) is 3. The van der Waals surface area contributed by atoms with Gasteiger partial charge in [0, 0.05) is 13.1 Å². The Labute approximate surface area is 119 Å². The van der Waals surface area contributed by atoms with Gasteiger partial charge in [-0.1, -0.05) is 13.3 Å². The summed E-state index contributed by atoms with van der Waals surface area (Å²) in [6.45, 7) is 8.26. The van der Waals surface area contributed by atoms with Gasteiger partial charge in [-0.3, -0.25) is 4.79 Å². The number of hydrogen-bond donors (Lipinski definition) is 3. The summed E-state index contributed by atoms with van der Waals surface area (Å²) in [5, 5.41) is 13.8. The number of carboxylic acid groups (broad SMARTS) is 1. The van der Waals surface area contributed by atoms with Crippen LogP contribution in [0.5, 0.6) is 0 Å². The number of likely N-dealkylation sites (N-methyl/N-ethyl adjacent to an activating group) is 1. The molecule has 0 aromatic heterocycles. The lowest BCUT2D eigenvalue weighted by Gasteiger charge is -2.24. The van der Waals surface area contributed by atoms with E-state index in [-0.39, 0.29) is 5.91 Å². The molecule has 0 aliphatic carbocycles. The zero-order valence-electron chi connectivity index (χ0n) is 12.6. The van der Waals surface area contributed by atoms with Crippen LogP contribution in [0.25, 0.3) is 0 Å². The zero-order chi connectivity index (χ0) is 15.7. The van der Waals surface area contributed by atoms with Crippen LogP contribution in [0.1, 0.15) is 40.5 Å². The number of carbonyl (C=O) groups excluding carboxylic acids is 2. The topological polar surface area (TPSA) is 98.7 Å². The number of aliphatic carboxylic acids is 1. The molecule has 0 fully saturated rings. The maximum Gasteiger partial charge on any atom is 0.326 e. The van der Waals surface area contributed by atoms with Crippen molar-refractivity contribution in [1.82, 2.24) is 15.5 Å². The summed E-state index contributed by atoms with van der Waals surface area (Å²) in [5.74, 6) is -1.27. The minimum atomic E-state index is -1.08. The van der Waals surface area contributed by atoms with Gasteiger partial charge in [-0.15, -0.1) is 0 Å². The van der Waals surface area contributed by atoms with Crippen molar-refractivity contribution in [2.24, 2.45) is 0 Å². The van der Waals surface area contributed by atoms with Gasteiger partial charge in [0.15, 0.2) is 0 Å². The van der Waals surface area contributed by atoms with Gasteiger partial charge < -0.3 is 20.6 Å². The highest BCUT2D eigenvalue weighted by Gasteiger charge is 2.23. The molecule has 0 aliphatic heterocycles. The van der Waals surface area contributed by atoms with E-state index in [4.69, 9.17) is 5.11 Å². The van der Waals surface area contributed by atoms with Crippen LogP contribution < -0.4 is 10.6 Å². The van der Waals surface area contributed by atoms with Crippen LogP contribution in [0.4, 0.5) is 4.79 Å². The van der Waals surface area contributed by atoms with Crippen LogP contribution in [-0.4, -0.2) is 53.1 Å². The molecule has 0 saturated carbocycles. The fourth-order valence-corrected chi connectivity index (χ4v) is 1.81. The van der Waals surface area contributed by atoms with Crippen LogP contribution in [0.3, 0.4) is 0 Å². The highest BCUT2D eigenvalue weighted by atomic mass is 16.4. The van der Waals surface area contributed by atoms with Crippen molar-refractivity contribution < 1.29 is 19.5 Å². The summed E-state index contributed by atoms with van der Waals surface area (Å²) in [6, 6.07) is -2.26. The van der Waals surface area contributed by atoms with Gasteiger partial charge in [-0.2, -0.15) is 0 Å². The number of rotatable bonds is 8. The van der Waals surface area contributed by atoms with Crippen molar-refractivity contribution in [3.63, 3.8) is 0 Å². The van der Waals surface area contributed by atoms with Gasteiger partial charge in [0.05, 0.1) is 0 Å². The number of amides is 3. The molecule has 20 heavy (non-hydrogen) atoms. The summed E-state index contributed by atoms with van der Waals surface area (Å²) in [6.07, 6.45) is 0.992. The first-order valence-corrected chi connectivity index (χ1v) is 6.95. The van der Waals surface area contributed by atoms with Gasteiger partial charge >= 0.3 is 12.0 Å². The van der Waals surface area contributed by atoms with E-state index in [0.29, 0.717) is 25.9 Å². The SMILES string of the molecule is CCC[C@@H](NC(=O)NC(C)C(=O)N(CC)CC)C(=O)O. The minimum Gasteiger partial charge on any atom is -0.480 e. The molecule has 0 aromatic rings. The third-order valence-corrected chi connectivity index (χ3v) is 2.97. The Balaban J connectivity index is 4.44. The van der Waals surface area contributed by atoms with Gasteiger partial charge in [-0.25, -0.2) is 9.59 Å². The third-order valence-electron chi connectivity index (χ3n) is 2.97. The van der Waals surface area contributed by atoms with Crippen LogP contribution in [0.2, 0.25) is 0 Å². The van der Waals surface area contributed by atoms with Crippen molar-refractivity contribution in [2.75, 3.05) is 13.1 Å². The van der Waals surface area contributed by atoms with E-state index in [9.17, 15) is 14.4 Å². The number of nitrogens with one attached hydrogen (secondary N) is 2. The first-order chi connectivity index (χ1) is 9.37. The van der Waals surface area contributed by atoms with E-state index >= 15 is 0 Å². The fourth-order valence-electron chi connectivity index (χ4n) is 1.81. The van der Waals surface area contributed by atoms with Gasteiger partial charge in [0.25, 0.3) is 0 Å². The summed E-state index contributed by atoms with van der Waals surface area (Å²) in [7, 11) is 0. The number of nitrogens with zero attached hydrogens (tertiary/aromatic N) is 1. The molecule has 0 aromatic carbocycles. The molecular formula is C13H25N3O4. The number of carboxylic acids is 1. The Morgan fingerprint density at radius 1 is 1.10 bits per heavy atom. The summed E-state index contributed by atoms with van der Waals surface area (Å²) in [4.78, 5) is 36.2. The molecule has 0 saturated heterocycles. The van der Waals surface area contributed by atoms with E-state index < -0.39 is 24.1 Å². The van der Waals surface area contributed by atoms with E-state index in [1.165, 1.54) is 0 Å². The summed E-state index contributed by atoms with van der Waals surface area (Å²) >= 11 is 0. The highest BCUT2D eigenvalue weighted by molar-refractivity contribution is 5.88. The van der Waals surface area contributed by atoms with Crippen LogP contribution in [0.15, 0.2) is 0 Å². The first-order valence-electron chi connectivity index (χ1n) is 6.95. The van der Waals surface area contributed by atoms with Gasteiger partial charge in [0.1, 0.15) is 12.1 Å². The number of carbonyl (C=O) groups is 3. The smallest absolute Gasteiger partial charge is 0.326 e. The molecule has 0 rings (SSSR count). The molecule has 0 radical (unpaired) electrons. The normalized spacial score (nSPS) is 13.2. The average molecular weight is 287 g/mol. The zero-order valence-corrected chi connectivity index (χ0v) is 12.6. The number of urea groups is 1. The summed E-state index contributed by atoms with van der Waals surface area (Å²) in [5.41, 5.74) is 0. The largest absolute Gasteiger partial charge is 0.480 e. The van der Waals surface area contributed by atoms with E-state index in [1.807, 2.05) is 20.8 Å². The molecule has 0 aliphatic rings. The van der Waals surface area contributed by atoms with Crippen molar-refractivity contribution in [2.45, 2.75) is 52.6 Å². The fraction of sp³-hybridized carbons (Fsp3) is 0.769. The van der Waals surface area contributed by atoms with E-state index in [1.54, 1.807) is 11.8 Å². The average Bonchev–Trinajstić information content (AvgIpc) is 2.39. The third kappa shape index (κ3) is 5.90. The standard InChI is InChI=1S/C13H25N3O4/c1-5-8-10(12(18)19)15-13(20)14-9(4)11(17)16(6-2)7-3/h9-10H,5-8H2,1-4H3,(H,18,19)(H2,14,15,20)/t9?,10-/m1/s1. The lowest BCUT2D eigenvalue weighted by Crippen LogP contribution is -2.53. The van der Waals surface area contributed by atoms with E-state index in [0.717, 1.165) is 0 Å².